The minimum atomic E-state index is -0.699. The van der Waals surface area contributed by atoms with E-state index in [-0.39, 0.29) is 17.8 Å². The summed E-state index contributed by atoms with van der Waals surface area (Å²) < 4.78 is 23.6. The maximum Gasteiger partial charge on any atom is 0.260 e. The van der Waals surface area contributed by atoms with Crippen LogP contribution in [0.3, 0.4) is 0 Å². The molecule has 20 heavy (non-hydrogen) atoms. The zero-order valence-corrected chi connectivity index (χ0v) is 12.0. The average molecular weight is 284 g/mol. The van der Waals surface area contributed by atoms with Gasteiger partial charge in [-0.1, -0.05) is 0 Å². The lowest BCUT2D eigenvalue weighted by Gasteiger charge is -2.18. The van der Waals surface area contributed by atoms with E-state index in [4.69, 9.17) is 15.2 Å². The van der Waals surface area contributed by atoms with Gasteiger partial charge in [-0.05, 0) is 32.0 Å². The molecule has 0 aliphatic heterocycles. The zero-order chi connectivity index (χ0) is 15.1. The topological polar surface area (TPSA) is 73.6 Å². The molecule has 0 fully saturated rings. The lowest BCUT2D eigenvalue weighted by molar-refractivity contribution is -0.127. The monoisotopic (exact) mass is 284 g/mol. The Labute approximate surface area is 118 Å². The van der Waals surface area contributed by atoms with Gasteiger partial charge >= 0.3 is 0 Å². The number of nitrogens with one attached hydrogen (secondary N) is 1. The molecule has 0 heterocycles. The highest BCUT2D eigenvalue weighted by molar-refractivity contribution is 5.80. The van der Waals surface area contributed by atoms with Gasteiger partial charge in [-0.25, -0.2) is 4.39 Å². The third-order valence-electron chi connectivity index (χ3n) is 2.74. The molecule has 0 aromatic heterocycles. The number of carbonyl (C=O) groups excluding carboxylic acids is 1. The van der Waals surface area contributed by atoms with E-state index in [1.165, 1.54) is 18.2 Å². The largest absolute Gasteiger partial charge is 0.481 e. The Kier molecular flexibility index (Phi) is 6.41. The van der Waals surface area contributed by atoms with Gasteiger partial charge in [0.15, 0.2) is 6.10 Å². The first-order chi connectivity index (χ1) is 9.45. The van der Waals surface area contributed by atoms with E-state index < -0.39 is 6.10 Å². The first kappa shape index (κ1) is 16.4. The molecular formula is C14H21FN2O3. The van der Waals surface area contributed by atoms with Crippen LogP contribution in [-0.2, 0) is 9.53 Å². The van der Waals surface area contributed by atoms with Gasteiger partial charge in [-0.2, -0.15) is 0 Å². The molecule has 0 aliphatic carbocycles. The van der Waals surface area contributed by atoms with E-state index in [2.05, 4.69) is 5.32 Å². The maximum absolute atomic E-state index is 13.2. The van der Waals surface area contributed by atoms with Gasteiger partial charge in [0.05, 0.1) is 6.61 Å². The molecule has 1 amide bonds. The fraction of sp³-hybridized carbons (Fsp3) is 0.500. The van der Waals surface area contributed by atoms with Crippen molar-refractivity contribution in [1.82, 2.24) is 5.32 Å². The Bertz CT molecular complexity index is 452. The molecular weight excluding hydrogens is 263 g/mol. The van der Waals surface area contributed by atoms with Crippen LogP contribution in [-0.4, -0.2) is 32.3 Å². The number of benzene rings is 1. The quantitative estimate of drug-likeness (QED) is 0.742. The van der Waals surface area contributed by atoms with Crippen LogP contribution >= 0.6 is 0 Å². The molecule has 6 heteroatoms. The minimum Gasteiger partial charge on any atom is -0.481 e. The van der Waals surface area contributed by atoms with E-state index in [1.807, 2.05) is 0 Å². The Morgan fingerprint density at radius 1 is 1.45 bits per heavy atom. The molecule has 0 saturated heterocycles. The van der Waals surface area contributed by atoms with Gasteiger partial charge in [0, 0.05) is 25.3 Å². The predicted molar refractivity (Wildman–Crippen MR) is 74.0 cm³/mol. The van der Waals surface area contributed by atoms with Gasteiger partial charge in [-0.15, -0.1) is 0 Å². The van der Waals surface area contributed by atoms with E-state index in [1.54, 1.807) is 21.0 Å². The fourth-order valence-corrected chi connectivity index (χ4v) is 1.65. The Morgan fingerprint density at radius 3 is 2.75 bits per heavy atom. The van der Waals surface area contributed by atoms with Crippen molar-refractivity contribution in [3.05, 3.63) is 29.6 Å². The van der Waals surface area contributed by atoms with E-state index in [0.717, 1.165) is 0 Å². The number of nitrogens with two attached hydrogens (primary N) is 1. The Morgan fingerprint density at radius 2 is 2.15 bits per heavy atom. The van der Waals surface area contributed by atoms with Crippen molar-refractivity contribution in [2.45, 2.75) is 26.0 Å². The van der Waals surface area contributed by atoms with Crippen LogP contribution < -0.4 is 15.8 Å². The van der Waals surface area contributed by atoms with Gasteiger partial charge in [-0.3, -0.25) is 4.79 Å². The number of rotatable bonds is 7. The summed E-state index contributed by atoms with van der Waals surface area (Å²) in [6, 6.07) is 3.68. The smallest absolute Gasteiger partial charge is 0.260 e. The summed E-state index contributed by atoms with van der Waals surface area (Å²) in [6.45, 7) is 4.19. The second kappa shape index (κ2) is 7.81. The zero-order valence-electron chi connectivity index (χ0n) is 12.0. The molecule has 0 radical (unpaired) electrons. The molecule has 112 valence electrons. The first-order valence-corrected chi connectivity index (χ1v) is 6.44. The van der Waals surface area contributed by atoms with Crippen molar-refractivity contribution < 1.29 is 18.7 Å². The van der Waals surface area contributed by atoms with Crippen molar-refractivity contribution in [1.29, 1.82) is 0 Å². The van der Waals surface area contributed by atoms with E-state index >= 15 is 0 Å². The number of halogens is 1. The number of ether oxygens (including phenoxy) is 2. The van der Waals surface area contributed by atoms with Crippen molar-refractivity contribution in [3.63, 3.8) is 0 Å². The van der Waals surface area contributed by atoms with Crippen molar-refractivity contribution >= 4 is 5.91 Å². The summed E-state index contributed by atoms with van der Waals surface area (Å²) in [5.74, 6) is -0.236. The second-order valence-corrected chi connectivity index (χ2v) is 4.51. The summed E-state index contributed by atoms with van der Waals surface area (Å²) >= 11 is 0. The fourth-order valence-electron chi connectivity index (χ4n) is 1.65. The molecule has 2 atom stereocenters. The summed E-state index contributed by atoms with van der Waals surface area (Å²) in [6.07, 6.45) is -0.699. The average Bonchev–Trinajstić information content (AvgIpc) is 2.40. The molecule has 0 aliphatic rings. The SMILES string of the molecule is COCCNC(=O)C(C)Oc1ccc(F)cc1[C@H](C)N. The van der Waals surface area contributed by atoms with Crippen molar-refractivity contribution in [2.75, 3.05) is 20.3 Å². The van der Waals surface area contributed by atoms with Gasteiger partial charge < -0.3 is 20.5 Å². The lowest BCUT2D eigenvalue weighted by Crippen LogP contribution is -2.38. The Balaban J connectivity index is 2.70. The van der Waals surface area contributed by atoms with Crippen LogP contribution in [0.5, 0.6) is 5.75 Å². The minimum absolute atomic E-state index is 0.262. The number of carbonyl (C=O) groups is 1. The van der Waals surface area contributed by atoms with Crippen LogP contribution in [0.4, 0.5) is 4.39 Å². The van der Waals surface area contributed by atoms with Crippen molar-refractivity contribution in [2.24, 2.45) is 5.73 Å². The van der Waals surface area contributed by atoms with Crippen LogP contribution in [0.2, 0.25) is 0 Å². The summed E-state index contributed by atoms with van der Waals surface area (Å²) in [5, 5.41) is 2.67. The summed E-state index contributed by atoms with van der Waals surface area (Å²) in [7, 11) is 1.56. The number of methoxy groups -OCH3 is 1. The van der Waals surface area contributed by atoms with Crippen LogP contribution in [0.15, 0.2) is 18.2 Å². The summed E-state index contributed by atoms with van der Waals surface area (Å²) in [5.41, 5.74) is 6.30. The molecule has 3 N–H and O–H groups in total. The van der Waals surface area contributed by atoms with Gasteiger partial charge in [0.2, 0.25) is 0 Å². The van der Waals surface area contributed by atoms with Crippen LogP contribution in [0.25, 0.3) is 0 Å². The maximum atomic E-state index is 13.2. The van der Waals surface area contributed by atoms with Crippen molar-refractivity contribution in [3.8, 4) is 5.75 Å². The normalized spacial score (nSPS) is 13.7. The highest BCUT2D eigenvalue weighted by Gasteiger charge is 2.17. The van der Waals surface area contributed by atoms with Gasteiger partial charge in [0.25, 0.3) is 5.91 Å². The molecule has 0 spiro atoms. The number of amides is 1. The number of hydrogen-bond donors (Lipinski definition) is 2. The molecule has 0 bridgehead atoms. The lowest BCUT2D eigenvalue weighted by atomic mass is 10.1. The standard InChI is InChI=1S/C14H21FN2O3/c1-9(16)12-8-11(15)4-5-13(12)20-10(2)14(18)17-6-7-19-3/h4-5,8-10H,6-7,16H2,1-3H3,(H,17,18)/t9-,10?/m0/s1. The third-order valence-corrected chi connectivity index (χ3v) is 2.74. The molecule has 5 nitrogen and oxygen atoms in total. The number of hydrogen-bond acceptors (Lipinski definition) is 4. The first-order valence-electron chi connectivity index (χ1n) is 6.44. The third kappa shape index (κ3) is 4.79. The summed E-state index contributed by atoms with van der Waals surface area (Å²) in [4.78, 5) is 11.8. The molecule has 1 unspecified atom stereocenters. The molecule has 0 saturated carbocycles. The van der Waals surface area contributed by atoms with Crippen LogP contribution in [0.1, 0.15) is 25.5 Å². The predicted octanol–water partition coefficient (Wildman–Crippen LogP) is 1.38. The highest BCUT2D eigenvalue weighted by Crippen LogP contribution is 2.25. The second-order valence-electron chi connectivity index (χ2n) is 4.51. The molecule has 1 rings (SSSR count). The van der Waals surface area contributed by atoms with E-state index in [9.17, 15) is 9.18 Å². The van der Waals surface area contributed by atoms with Gasteiger partial charge in [0.1, 0.15) is 11.6 Å². The van der Waals surface area contributed by atoms with Crippen LogP contribution in [0, 0.1) is 5.82 Å². The molecule has 1 aromatic rings. The highest BCUT2D eigenvalue weighted by atomic mass is 19.1. The molecule has 1 aromatic carbocycles. The Hall–Kier alpha value is -1.66. The van der Waals surface area contributed by atoms with E-state index in [0.29, 0.717) is 24.5 Å².